The molecule has 0 rings (SSSR count). The molecule has 154 valence electrons. The second kappa shape index (κ2) is 20.7. The molecule has 25 heavy (non-hydrogen) atoms. The molecule has 0 aliphatic carbocycles. The molecule has 0 aromatic heterocycles. The Morgan fingerprint density at radius 3 is 1.28 bits per heavy atom. The number of rotatable bonds is 19. The molecule has 0 aliphatic heterocycles. The van der Waals surface area contributed by atoms with Crippen molar-refractivity contribution in [3.05, 3.63) is 0 Å². The standard InChI is InChI=1S/C22H49N2.BrH/c1-5-6-7-8-9-10-11-12-13-14-15-16-17-18-20-23-21-19-22-24(2,3)4;/h23H,5-22H2,1-4H3;1H/q+1;/p-1. The van der Waals surface area contributed by atoms with Gasteiger partial charge in [0.1, 0.15) is 0 Å². The summed E-state index contributed by atoms with van der Waals surface area (Å²) < 4.78 is 1.08. The Labute approximate surface area is 170 Å². The van der Waals surface area contributed by atoms with Crippen molar-refractivity contribution in [2.24, 2.45) is 0 Å². The van der Waals surface area contributed by atoms with E-state index in [0.29, 0.717) is 0 Å². The number of unbranched alkanes of at least 4 members (excludes halogenated alkanes) is 13. The van der Waals surface area contributed by atoms with Crippen LogP contribution in [0.5, 0.6) is 0 Å². The third-order valence-electron chi connectivity index (χ3n) is 4.89. The van der Waals surface area contributed by atoms with Crippen LogP contribution in [0.4, 0.5) is 0 Å². The lowest BCUT2D eigenvalue weighted by Gasteiger charge is -2.23. The van der Waals surface area contributed by atoms with Crippen molar-refractivity contribution < 1.29 is 21.5 Å². The summed E-state index contributed by atoms with van der Waals surface area (Å²) in [5.74, 6) is 0. The number of nitrogens with one attached hydrogen (secondary N) is 1. The van der Waals surface area contributed by atoms with Gasteiger partial charge in [-0.1, -0.05) is 90.4 Å². The Kier molecular flexibility index (Phi) is 22.9. The van der Waals surface area contributed by atoms with E-state index >= 15 is 0 Å². The molecule has 0 aromatic rings. The first-order chi connectivity index (χ1) is 11.6. The van der Waals surface area contributed by atoms with Crippen LogP contribution in [-0.2, 0) is 0 Å². The summed E-state index contributed by atoms with van der Waals surface area (Å²) in [7, 11) is 6.81. The summed E-state index contributed by atoms with van der Waals surface area (Å²) in [4.78, 5) is 0. The molecular formula is C22H49BrN2. The zero-order chi connectivity index (χ0) is 17.9. The SMILES string of the molecule is CCCCCCCCCCCCCCCCNCCC[N+](C)(C)C.[Br-]. The highest BCUT2D eigenvalue weighted by molar-refractivity contribution is 4.51. The average Bonchev–Trinajstić information content (AvgIpc) is 2.52. The lowest BCUT2D eigenvalue weighted by molar-refractivity contribution is -0.870. The van der Waals surface area contributed by atoms with Crippen LogP contribution in [0.3, 0.4) is 0 Å². The van der Waals surface area contributed by atoms with Crippen molar-refractivity contribution in [1.29, 1.82) is 0 Å². The highest BCUT2D eigenvalue weighted by Gasteiger charge is 2.04. The van der Waals surface area contributed by atoms with E-state index in [-0.39, 0.29) is 17.0 Å². The van der Waals surface area contributed by atoms with Crippen molar-refractivity contribution in [3.63, 3.8) is 0 Å². The monoisotopic (exact) mass is 420 g/mol. The molecule has 0 atom stereocenters. The number of quaternary nitrogens is 1. The van der Waals surface area contributed by atoms with Gasteiger partial charge >= 0.3 is 0 Å². The molecule has 0 saturated carbocycles. The summed E-state index contributed by atoms with van der Waals surface area (Å²) in [6.45, 7) is 5.97. The minimum Gasteiger partial charge on any atom is -1.00 e. The Balaban J connectivity index is 0. The lowest BCUT2D eigenvalue weighted by Crippen LogP contribution is -3.00. The average molecular weight is 422 g/mol. The van der Waals surface area contributed by atoms with E-state index in [1.54, 1.807) is 0 Å². The third-order valence-corrected chi connectivity index (χ3v) is 4.89. The molecule has 0 saturated heterocycles. The van der Waals surface area contributed by atoms with E-state index in [0.717, 1.165) is 4.48 Å². The summed E-state index contributed by atoms with van der Waals surface area (Å²) >= 11 is 0. The smallest absolute Gasteiger partial charge is 0.0792 e. The lowest BCUT2D eigenvalue weighted by atomic mass is 10.0. The van der Waals surface area contributed by atoms with Crippen LogP contribution in [0.25, 0.3) is 0 Å². The molecule has 0 fully saturated rings. The van der Waals surface area contributed by atoms with E-state index in [1.165, 1.54) is 116 Å². The number of nitrogens with zero attached hydrogens (tertiary/aromatic N) is 1. The fraction of sp³-hybridized carbons (Fsp3) is 1.00. The van der Waals surface area contributed by atoms with Crippen LogP contribution >= 0.6 is 0 Å². The van der Waals surface area contributed by atoms with Gasteiger partial charge in [-0.15, -0.1) is 0 Å². The van der Waals surface area contributed by atoms with Crippen molar-refractivity contribution in [2.45, 2.75) is 103 Å². The second-order valence-electron chi connectivity index (χ2n) is 8.71. The third kappa shape index (κ3) is 26.7. The van der Waals surface area contributed by atoms with E-state index < -0.39 is 0 Å². The van der Waals surface area contributed by atoms with Crippen LogP contribution in [-0.4, -0.2) is 45.3 Å². The molecule has 0 heterocycles. The number of hydrogen-bond acceptors (Lipinski definition) is 1. The minimum atomic E-state index is 0. The molecule has 0 radical (unpaired) electrons. The van der Waals surface area contributed by atoms with Gasteiger partial charge in [-0.25, -0.2) is 0 Å². The van der Waals surface area contributed by atoms with Gasteiger partial charge < -0.3 is 26.8 Å². The largest absolute Gasteiger partial charge is 1.00 e. The molecule has 0 aliphatic rings. The zero-order valence-corrected chi connectivity index (χ0v) is 19.6. The van der Waals surface area contributed by atoms with Gasteiger partial charge in [-0.3, -0.25) is 0 Å². The summed E-state index contributed by atoms with van der Waals surface area (Å²) in [5, 5.41) is 3.59. The van der Waals surface area contributed by atoms with E-state index in [4.69, 9.17) is 0 Å². The normalized spacial score (nSPS) is 11.5. The zero-order valence-electron chi connectivity index (χ0n) is 18.1. The van der Waals surface area contributed by atoms with Gasteiger partial charge in [0.15, 0.2) is 0 Å². The van der Waals surface area contributed by atoms with Crippen LogP contribution in [0.15, 0.2) is 0 Å². The first-order valence-corrected chi connectivity index (χ1v) is 11.1. The van der Waals surface area contributed by atoms with Crippen LogP contribution in [0.2, 0.25) is 0 Å². The topological polar surface area (TPSA) is 12.0 Å². The first-order valence-electron chi connectivity index (χ1n) is 11.1. The van der Waals surface area contributed by atoms with Crippen molar-refractivity contribution in [1.82, 2.24) is 5.32 Å². The van der Waals surface area contributed by atoms with Gasteiger partial charge in [0.2, 0.25) is 0 Å². The van der Waals surface area contributed by atoms with Gasteiger partial charge in [-0.2, -0.15) is 0 Å². The summed E-state index contributed by atoms with van der Waals surface area (Å²) in [5.41, 5.74) is 0. The highest BCUT2D eigenvalue weighted by atomic mass is 79.9. The summed E-state index contributed by atoms with van der Waals surface area (Å²) in [6.07, 6.45) is 21.5. The van der Waals surface area contributed by atoms with E-state index in [2.05, 4.69) is 33.4 Å². The van der Waals surface area contributed by atoms with Crippen LogP contribution in [0, 0.1) is 0 Å². The van der Waals surface area contributed by atoms with Crippen molar-refractivity contribution in [2.75, 3.05) is 40.8 Å². The Hall–Kier alpha value is 0.400. The fourth-order valence-corrected chi connectivity index (χ4v) is 3.25. The van der Waals surface area contributed by atoms with Crippen molar-refractivity contribution >= 4 is 0 Å². The molecule has 3 heteroatoms. The van der Waals surface area contributed by atoms with E-state index in [1.807, 2.05) is 0 Å². The van der Waals surface area contributed by atoms with Crippen LogP contribution < -0.4 is 22.3 Å². The molecular weight excluding hydrogens is 372 g/mol. The van der Waals surface area contributed by atoms with Crippen molar-refractivity contribution in [3.8, 4) is 0 Å². The maximum absolute atomic E-state index is 3.59. The molecule has 1 N–H and O–H groups in total. The predicted molar refractivity (Wildman–Crippen MR) is 111 cm³/mol. The second-order valence-corrected chi connectivity index (χ2v) is 8.71. The fourth-order valence-electron chi connectivity index (χ4n) is 3.25. The number of hydrogen-bond donors (Lipinski definition) is 1. The predicted octanol–water partition coefficient (Wildman–Crippen LogP) is 3.16. The minimum absolute atomic E-state index is 0. The molecule has 0 bridgehead atoms. The molecule has 0 amide bonds. The Bertz CT molecular complexity index is 239. The Morgan fingerprint density at radius 2 is 0.880 bits per heavy atom. The number of halogens is 1. The first kappa shape index (κ1) is 27.6. The maximum atomic E-state index is 3.59. The summed E-state index contributed by atoms with van der Waals surface area (Å²) in [6, 6.07) is 0. The van der Waals surface area contributed by atoms with Gasteiger partial charge in [0.25, 0.3) is 0 Å². The quantitative estimate of drug-likeness (QED) is 0.250. The van der Waals surface area contributed by atoms with Gasteiger partial charge in [-0.05, 0) is 13.0 Å². The van der Waals surface area contributed by atoms with E-state index in [9.17, 15) is 0 Å². The highest BCUT2D eigenvalue weighted by Crippen LogP contribution is 2.12. The van der Waals surface area contributed by atoms with Gasteiger partial charge in [0.05, 0.1) is 27.7 Å². The molecule has 0 spiro atoms. The van der Waals surface area contributed by atoms with Gasteiger partial charge in [0, 0.05) is 13.0 Å². The Morgan fingerprint density at radius 1 is 0.520 bits per heavy atom. The molecule has 0 aromatic carbocycles. The molecule has 0 unspecified atom stereocenters. The maximum Gasteiger partial charge on any atom is 0.0792 e. The molecule has 2 nitrogen and oxygen atoms in total. The van der Waals surface area contributed by atoms with Crippen LogP contribution in [0.1, 0.15) is 103 Å².